The molecule has 0 unspecified atom stereocenters. The van der Waals surface area contributed by atoms with Crippen molar-refractivity contribution in [2.75, 3.05) is 11.9 Å². The first kappa shape index (κ1) is 19.6. The third-order valence-electron chi connectivity index (χ3n) is 3.80. The van der Waals surface area contributed by atoms with Crippen LogP contribution in [-0.2, 0) is 11.3 Å². The molecule has 2 amide bonds. The molecule has 6 nitrogen and oxygen atoms in total. The Balaban J connectivity index is 1.49. The molecule has 0 saturated carbocycles. The summed E-state index contributed by atoms with van der Waals surface area (Å²) in [5.74, 6) is 0.180. The van der Waals surface area contributed by atoms with Gasteiger partial charge in [-0.15, -0.1) is 0 Å². The number of rotatable bonds is 7. The van der Waals surface area contributed by atoms with Gasteiger partial charge in [-0.05, 0) is 54.1 Å². The van der Waals surface area contributed by atoms with E-state index in [1.54, 1.807) is 42.7 Å². The van der Waals surface area contributed by atoms with Crippen LogP contribution in [0.5, 0.6) is 5.75 Å². The van der Waals surface area contributed by atoms with Crippen LogP contribution in [0.2, 0.25) is 0 Å². The molecule has 0 aliphatic heterocycles. The second-order valence-corrected chi connectivity index (χ2v) is 6.83. The normalized spacial score (nSPS) is 10.2. The number of amides is 2. The van der Waals surface area contributed by atoms with Crippen molar-refractivity contribution < 1.29 is 14.3 Å². The van der Waals surface area contributed by atoms with Gasteiger partial charge in [0.25, 0.3) is 11.8 Å². The van der Waals surface area contributed by atoms with Crippen molar-refractivity contribution in [2.24, 2.45) is 0 Å². The molecule has 0 aliphatic carbocycles. The van der Waals surface area contributed by atoms with Crippen molar-refractivity contribution in [3.8, 4) is 5.75 Å². The molecule has 0 radical (unpaired) electrons. The quantitative estimate of drug-likeness (QED) is 0.586. The van der Waals surface area contributed by atoms with E-state index in [1.807, 2.05) is 30.3 Å². The molecular weight excluding hydrogens is 422 g/mol. The van der Waals surface area contributed by atoms with Crippen molar-refractivity contribution >= 4 is 33.4 Å². The minimum atomic E-state index is -0.228. The van der Waals surface area contributed by atoms with Crippen LogP contribution in [0.4, 0.5) is 5.69 Å². The molecule has 7 heteroatoms. The third kappa shape index (κ3) is 5.92. The number of halogens is 1. The van der Waals surface area contributed by atoms with Crippen molar-refractivity contribution in [1.82, 2.24) is 10.3 Å². The number of nitrogens with one attached hydrogen (secondary N) is 2. The molecule has 0 atom stereocenters. The fourth-order valence-electron chi connectivity index (χ4n) is 2.40. The second-order valence-electron chi connectivity index (χ2n) is 5.91. The standard InChI is InChI=1S/C21H18BrN3O3/c22-17-4-6-19(7-5-17)28-14-20(26)24-13-15-2-1-3-18(12-15)25-21(27)16-8-10-23-11-9-16/h1-12H,13-14H2,(H,24,26)(H,25,27). The number of anilines is 1. The molecule has 2 aromatic carbocycles. The fraction of sp³-hybridized carbons (Fsp3) is 0.0952. The highest BCUT2D eigenvalue weighted by Gasteiger charge is 2.07. The van der Waals surface area contributed by atoms with Gasteiger partial charge in [-0.3, -0.25) is 14.6 Å². The van der Waals surface area contributed by atoms with Gasteiger partial charge in [-0.25, -0.2) is 0 Å². The van der Waals surface area contributed by atoms with E-state index < -0.39 is 0 Å². The van der Waals surface area contributed by atoms with E-state index >= 15 is 0 Å². The highest BCUT2D eigenvalue weighted by molar-refractivity contribution is 9.10. The van der Waals surface area contributed by atoms with Crippen LogP contribution in [0.1, 0.15) is 15.9 Å². The zero-order chi connectivity index (χ0) is 19.8. The number of carbonyl (C=O) groups is 2. The summed E-state index contributed by atoms with van der Waals surface area (Å²) in [4.78, 5) is 28.1. The second kappa shape index (κ2) is 9.66. The number of nitrogens with zero attached hydrogens (tertiary/aromatic N) is 1. The molecule has 3 rings (SSSR count). The van der Waals surface area contributed by atoms with Crippen LogP contribution in [0.25, 0.3) is 0 Å². The minimum Gasteiger partial charge on any atom is -0.484 e. The first-order valence-electron chi connectivity index (χ1n) is 8.55. The molecule has 2 N–H and O–H groups in total. The molecular formula is C21H18BrN3O3. The number of hydrogen-bond donors (Lipinski definition) is 2. The monoisotopic (exact) mass is 439 g/mol. The molecule has 1 heterocycles. The average molecular weight is 440 g/mol. The van der Waals surface area contributed by atoms with Gasteiger partial charge >= 0.3 is 0 Å². The Bertz CT molecular complexity index is 947. The molecule has 0 aliphatic rings. The number of pyridine rings is 1. The molecule has 0 bridgehead atoms. The van der Waals surface area contributed by atoms with Gasteiger partial charge in [0.2, 0.25) is 0 Å². The lowest BCUT2D eigenvalue weighted by Crippen LogP contribution is -2.28. The maximum absolute atomic E-state index is 12.2. The van der Waals surface area contributed by atoms with Gasteiger partial charge in [-0.1, -0.05) is 28.1 Å². The lowest BCUT2D eigenvalue weighted by molar-refractivity contribution is -0.123. The Labute approximate surface area is 171 Å². The van der Waals surface area contributed by atoms with Crippen LogP contribution in [0.15, 0.2) is 77.5 Å². The van der Waals surface area contributed by atoms with E-state index in [0.717, 1.165) is 10.0 Å². The Kier molecular flexibility index (Phi) is 6.75. The van der Waals surface area contributed by atoms with E-state index in [-0.39, 0.29) is 18.4 Å². The van der Waals surface area contributed by atoms with E-state index in [4.69, 9.17) is 4.74 Å². The largest absolute Gasteiger partial charge is 0.484 e. The first-order valence-corrected chi connectivity index (χ1v) is 9.35. The van der Waals surface area contributed by atoms with Gasteiger partial charge in [0.15, 0.2) is 6.61 Å². The van der Waals surface area contributed by atoms with Crippen molar-refractivity contribution in [3.05, 3.63) is 88.7 Å². The lowest BCUT2D eigenvalue weighted by atomic mass is 10.2. The summed E-state index contributed by atoms with van der Waals surface area (Å²) >= 11 is 3.35. The number of aromatic nitrogens is 1. The van der Waals surface area contributed by atoms with Crippen LogP contribution in [-0.4, -0.2) is 23.4 Å². The molecule has 142 valence electrons. The van der Waals surface area contributed by atoms with Crippen molar-refractivity contribution in [2.45, 2.75) is 6.54 Å². The van der Waals surface area contributed by atoms with Crippen LogP contribution >= 0.6 is 15.9 Å². The Morgan fingerprint density at radius 2 is 1.75 bits per heavy atom. The van der Waals surface area contributed by atoms with Gasteiger partial charge in [0.05, 0.1) is 0 Å². The van der Waals surface area contributed by atoms with E-state index in [1.165, 1.54) is 0 Å². The fourth-order valence-corrected chi connectivity index (χ4v) is 2.66. The van der Waals surface area contributed by atoms with Gasteiger partial charge in [0.1, 0.15) is 5.75 Å². The summed E-state index contributed by atoms with van der Waals surface area (Å²) in [5.41, 5.74) is 2.04. The summed E-state index contributed by atoms with van der Waals surface area (Å²) in [7, 11) is 0. The SMILES string of the molecule is O=C(COc1ccc(Br)cc1)NCc1cccc(NC(=O)c2ccncc2)c1. The van der Waals surface area contributed by atoms with E-state index in [0.29, 0.717) is 23.5 Å². The smallest absolute Gasteiger partial charge is 0.258 e. The summed E-state index contributed by atoms with van der Waals surface area (Å²) < 4.78 is 6.39. The van der Waals surface area contributed by atoms with E-state index in [2.05, 4.69) is 31.5 Å². The van der Waals surface area contributed by atoms with Crippen molar-refractivity contribution in [1.29, 1.82) is 0 Å². The molecule has 28 heavy (non-hydrogen) atoms. The summed E-state index contributed by atoms with van der Waals surface area (Å²) in [6, 6.07) is 17.8. The van der Waals surface area contributed by atoms with Crippen LogP contribution in [0, 0.1) is 0 Å². The first-order chi connectivity index (χ1) is 13.6. The lowest BCUT2D eigenvalue weighted by Gasteiger charge is -2.10. The Morgan fingerprint density at radius 3 is 2.50 bits per heavy atom. The Morgan fingerprint density at radius 1 is 1.00 bits per heavy atom. The summed E-state index contributed by atoms with van der Waals surface area (Å²) in [6.45, 7) is 0.265. The van der Waals surface area contributed by atoms with Gasteiger partial charge < -0.3 is 15.4 Å². The maximum Gasteiger partial charge on any atom is 0.258 e. The maximum atomic E-state index is 12.2. The van der Waals surface area contributed by atoms with Crippen LogP contribution in [0.3, 0.4) is 0 Å². The average Bonchev–Trinajstić information content (AvgIpc) is 2.73. The van der Waals surface area contributed by atoms with Gasteiger partial charge in [0, 0.05) is 34.7 Å². The number of benzene rings is 2. The van der Waals surface area contributed by atoms with Crippen LogP contribution < -0.4 is 15.4 Å². The highest BCUT2D eigenvalue weighted by atomic mass is 79.9. The van der Waals surface area contributed by atoms with Gasteiger partial charge in [-0.2, -0.15) is 0 Å². The number of carbonyl (C=O) groups excluding carboxylic acids is 2. The number of ether oxygens (including phenoxy) is 1. The predicted molar refractivity (Wildman–Crippen MR) is 110 cm³/mol. The molecule has 3 aromatic rings. The predicted octanol–water partition coefficient (Wildman–Crippen LogP) is 3.79. The molecule has 1 aromatic heterocycles. The molecule has 0 spiro atoms. The minimum absolute atomic E-state index is 0.0693. The highest BCUT2D eigenvalue weighted by Crippen LogP contribution is 2.16. The Hall–Kier alpha value is -3.19. The topological polar surface area (TPSA) is 80.3 Å². The summed E-state index contributed by atoms with van der Waals surface area (Å²) in [6.07, 6.45) is 3.13. The number of hydrogen-bond acceptors (Lipinski definition) is 4. The molecule has 0 fully saturated rings. The zero-order valence-electron chi connectivity index (χ0n) is 14.9. The third-order valence-corrected chi connectivity index (χ3v) is 4.33. The molecule has 0 saturated heterocycles. The summed E-state index contributed by atoms with van der Waals surface area (Å²) in [5, 5.41) is 5.63. The zero-order valence-corrected chi connectivity index (χ0v) is 16.5. The van der Waals surface area contributed by atoms with E-state index in [9.17, 15) is 9.59 Å². The van der Waals surface area contributed by atoms with Crippen molar-refractivity contribution in [3.63, 3.8) is 0 Å².